The van der Waals surface area contributed by atoms with Gasteiger partial charge in [0.15, 0.2) is 0 Å². The highest BCUT2D eigenvalue weighted by Gasteiger charge is 2.37. The minimum atomic E-state index is -3.38. The Hall–Kier alpha value is -1.44. The lowest BCUT2D eigenvalue weighted by Crippen LogP contribution is -2.50. The zero-order valence-electron chi connectivity index (χ0n) is 17.2. The summed E-state index contributed by atoms with van der Waals surface area (Å²) in [7, 11) is -3.38. The number of hydrogen-bond donors (Lipinski definition) is 0. The minimum absolute atomic E-state index is 0.141. The van der Waals surface area contributed by atoms with E-state index in [2.05, 4.69) is 31.4 Å². The molecule has 2 aliphatic rings. The lowest BCUT2D eigenvalue weighted by atomic mass is 9.98. The van der Waals surface area contributed by atoms with Crippen molar-refractivity contribution >= 4 is 21.2 Å². The van der Waals surface area contributed by atoms with E-state index >= 15 is 0 Å². The monoisotopic (exact) mass is 404 g/mol. The molecule has 0 amide bonds. The summed E-state index contributed by atoms with van der Waals surface area (Å²) in [5, 5.41) is 0. The molecule has 0 aliphatic carbocycles. The largest absolute Gasteiger partial charge is 0.325 e. The van der Waals surface area contributed by atoms with Gasteiger partial charge in [0, 0.05) is 38.1 Å². The summed E-state index contributed by atoms with van der Waals surface area (Å²) in [6, 6.07) is 8.50. The quantitative estimate of drug-likeness (QED) is 0.779. The molecule has 6 nitrogen and oxygen atoms in total. The molecule has 2 aliphatic heterocycles. The second-order valence-electron chi connectivity index (χ2n) is 8.71. The molecular formula is C21H32N4O2S. The van der Waals surface area contributed by atoms with Gasteiger partial charge in [-0.15, -0.1) is 0 Å². The van der Waals surface area contributed by atoms with Gasteiger partial charge in [0.25, 0.3) is 10.2 Å². The van der Waals surface area contributed by atoms with Crippen LogP contribution in [0, 0.1) is 5.92 Å². The highest BCUT2D eigenvalue weighted by atomic mass is 32.2. The molecule has 1 aromatic carbocycles. The number of rotatable bonds is 4. The average Bonchev–Trinajstić information content (AvgIpc) is 3.08. The molecule has 0 N–H and O–H groups in total. The standard InChI is InChI=1S/C21H32N4O2S/c1-16(2)25-20-9-5-4-8-19(20)22-21(25)18-7-6-12-24(15-18)28(26,27)23-13-10-17(3)11-14-23/h4-5,8-9,16-18H,6-7,10-15H2,1-3H3. The van der Waals surface area contributed by atoms with Crippen LogP contribution in [0.4, 0.5) is 0 Å². The Balaban J connectivity index is 1.61. The van der Waals surface area contributed by atoms with E-state index in [0.717, 1.165) is 42.5 Å². The normalized spacial score (nSPS) is 23.6. The summed E-state index contributed by atoms with van der Waals surface area (Å²) in [5.41, 5.74) is 2.13. The Labute approximate surface area is 168 Å². The van der Waals surface area contributed by atoms with E-state index in [9.17, 15) is 8.42 Å². The van der Waals surface area contributed by atoms with Gasteiger partial charge in [-0.05, 0) is 57.6 Å². The number of benzene rings is 1. The van der Waals surface area contributed by atoms with E-state index in [0.29, 0.717) is 32.1 Å². The smallest absolute Gasteiger partial charge is 0.281 e. The number of fused-ring (bicyclic) bond motifs is 1. The highest BCUT2D eigenvalue weighted by Crippen LogP contribution is 2.33. The second kappa shape index (κ2) is 7.76. The first-order valence-electron chi connectivity index (χ1n) is 10.6. The number of hydrogen-bond acceptors (Lipinski definition) is 3. The topological polar surface area (TPSA) is 58.4 Å². The molecule has 1 atom stereocenters. The van der Waals surface area contributed by atoms with Crippen LogP contribution in [0.2, 0.25) is 0 Å². The predicted molar refractivity (Wildman–Crippen MR) is 113 cm³/mol. The predicted octanol–water partition coefficient (Wildman–Crippen LogP) is 3.77. The fraction of sp³-hybridized carbons (Fsp3) is 0.667. The van der Waals surface area contributed by atoms with Crippen LogP contribution in [0.1, 0.15) is 64.2 Å². The van der Waals surface area contributed by atoms with Gasteiger partial charge >= 0.3 is 0 Å². The van der Waals surface area contributed by atoms with Crippen molar-refractivity contribution in [2.24, 2.45) is 5.92 Å². The number of nitrogens with zero attached hydrogens (tertiary/aromatic N) is 4. The van der Waals surface area contributed by atoms with Gasteiger partial charge < -0.3 is 4.57 Å². The van der Waals surface area contributed by atoms with Crippen molar-refractivity contribution in [2.45, 2.75) is 58.4 Å². The Morgan fingerprint density at radius 1 is 1.04 bits per heavy atom. The van der Waals surface area contributed by atoms with Crippen LogP contribution >= 0.6 is 0 Å². The second-order valence-corrected chi connectivity index (χ2v) is 10.6. The molecular weight excluding hydrogens is 372 g/mol. The Morgan fingerprint density at radius 2 is 1.75 bits per heavy atom. The Kier molecular flexibility index (Phi) is 5.51. The lowest BCUT2D eigenvalue weighted by Gasteiger charge is -2.37. The van der Waals surface area contributed by atoms with Crippen molar-refractivity contribution < 1.29 is 8.42 Å². The summed E-state index contributed by atoms with van der Waals surface area (Å²) in [5.74, 6) is 1.79. The maximum absolute atomic E-state index is 13.2. The molecule has 0 bridgehead atoms. The maximum atomic E-state index is 13.2. The first kappa shape index (κ1) is 19.9. The molecule has 0 radical (unpaired) electrons. The molecule has 2 fully saturated rings. The van der Waals surface area contributed by atoms with E-state index < -0.39 is 10.2 Å². The van der Waals surface area contributed by atoms with Crippen LogP contribution in [0.5, 0.6) is 0 Å². The van der Waals surface area contributed by atoms with Crippen molar-refractivity contribution in [1.82, 2.24) is 18.2 Å². The van der Waals surface area contributed by atoms with E-state index in [-0.39, 0.29) is 12.0 Å². The van der Waals surface area contributed by atoms with Gasteiger partial charge in [-0.1, -0.05) is 19.1 Å². The van der Waals surface area contributed by atoms with Gasteiger partial charge in [-0.2, -0.15) is 17.0 Å². The fourth-order valence-corrected chi connectivity index (χ4v) is 6.36. The van der Waals surface area contributed by atoms with Crippen molar-refractivity contribution in [1.29, 1.82) is 0 Å². The number of para-hydroxylation sites is 2. The third-order valence-corrected chi connectivity index (χ3v) is 8.29. The van der Waals surface area contributed by atoms with Crippen LogP contribution < -0.4 is 0 Å². The summed E-state index contributed by atoms with van der Waals surface area (Å²) in [4.78, 5) is 4.92. The summed E-state index contributed by atoms with van der Waals surface area (Å²) in [6.45, 7) is 8.99. The number of piperidine rings is 2. The van der Waals surface area contributed by atoms with Gasteiger partial charge in [0.1, 0.15) is 5.82 Å². The maximum Gasteiger partial charge on any atom is 0.281 e. The summed E-state index contributed by atoms with van der Waals surface area (Å²) >= 11 is 0. The van der Waals surface area contributed by atoms with Crippen LogP contribution in [0.15, 0.2) is 24.3 Å². The third-order valence-electron chi connectivity index (χ3n) is 6.28. The van der Waals surface area contributed by atoms with Gasteiger partial charge in [0.2, 0.25) is 0 Å². The van der Waals surface area contributed by atoms with E-state index in [4.69, 9.17) is 4.98 Å². The van der Waals surface area contributed by atoms with Crippen LogP contribution in [-0.2, 0) is 10.2 Å². The molecule has 2 aromatic rings. The molecule has 0 saturated carbocycles. The van der Waals surface area contributed by atoms with Crippen molar-refractivity contribution in [2.75, 3.05) is 26.2 Å². The molecule has 0 spiro atoms. The van der Waals surface area contributed by atoms with Crippen LogP contribution in [0.3, 0.4) is 0 Å². The third kappa shape index (κ3) is 3.60. The van der Waals surface area contributed by atoms with E-state index in [1.807, 2.05) is 18.2 Å². The minimum Gasteiger partial charge on any atom is -0.325 e. The highest BCUT2D eigenvalue weighted by molar-refractivity contribution is 7.86. The lowest BCUT2D eigenvalue weighted by molar-refractivity contribution is 0.242. The van der Waals surface area contributed by atoms with Gasteiger partial charge in [-0.25, -0.2) is 4.98 Å². The van der Waals surface area contributed by atoms with E-state index in [1.165, 1.54) is 0 Å². The molecule has 154 valence electrons. The molecule has 4 rings (SSSR count). The summed E-state index contributed by atoms with van der Waals surface area (Å²) in [6.07, 6.45) is 3.79. The van der Waals surface area contributed by atoms with Crippen LogP contribution in [0.25, 0.3) is 11.0 Å². The molecule has 28 heavy (non-hydrogen) atoms. The average molecular weight is 405 g/mol. The zero-order valence-corrected chi connectivity index (χ0v) is 18.0. The first-order valence-corrected chi connectivity index (χ1v) is 12.0. The van der Waals surface area contributed by atoms with Crippen molar-refractivity contribution in [3.8, 4) is 0 Å². The van der Waals surface area contributed by atoms with Gasteiger partial charge in [0.05, 0.1) is 11.0 Å². The summed E-state index contributed by atoms with van der Waals surface area (Å²) < 4.78 is 32.2. The SMILES string of the molecule is CC1CCN(S(=O)(=O)N2CCCC(c3nc4ccccc4n3C(C)C)C2)CC1. The number of aromatic nitrogens is 2. The first-order chi connectivity index (χ1) is 13.4. The Bertz CT molecular complexity index is 929. The van der Waals surface area contributed by atoms with E-state index in [1.54, 1.807) is 8.61 Å². The zero-order chi connectivity index (χ0) is 19.9. The molecule has 7 heteroatoms. The molecule has 3 heterocycles. The number of imidazole rings is 1. The Morgan fingerprint density at radius 3 is 2.46 bits per heavy atom. The molecule has 1 aromatic heterocycles. The molecule has 2 saturated heterocycles. The van der Waals surface area contributed by atoms with Crippen molar-refractivity contribution in [3.63, 3.8) is 0 Å². The fourth-order valence-electron chi connectivity index (χ4n) is 4.64. The van der Waals surface area contributed by atoms with Crippen LogP contribution in [-0.4, -0.2) is 52.8 Å². The molecule has 1 unspecified atom stereocenters. The van der Waals surface area contributed by atoms with Crippen molar-refractivity contribution in [3.05, 3.63) is 30.1 Å². The van der Waals surface area contributed by atoms with Gasteiger partial charge in [-0.3, -0.25) is 0 Å².